The van der Waals surface area contributed by atoms with E-state index in [1.54, 1.807) is 11.1 Å². The topological polar surface area (TPSA) is 0 Å². The lowest BCUT2D eigenvalue weighted by atomic mass is 9.68. The highest BCUT2D eigenvalue weighted by molar-refractivity contribution is 5.51. The smallest absolute Gasteiger partial charge is 0.0126 e. The molecule has 0 heterocycles. The molecular formula is C31H48. The minimum absolute atomic E-state index is 0.103. The van der Waals surface area contributed by atoms with Crippen LogP contribution in [0.15, 0.2) is 36.4 Å². The van der Waals surface area contributed by atoms with Crippen LogP contribution >= 0.6 is 0 Å². The van der Waals surface area contributed by atoms with Crippen LogP contribution in [0.4, 0.5) is 0 Å². The maximum absolute atomic E-state index is 2.44. The zero-order chi connectivity index (χ0) is 24.0. The van der Waals surface area contributed by atoms with Crippen LogP contribution in [0, 0.1) is 0 Å². The molecule has 0 bridgehead atoms. The first-order valence-corrected chi connectivity index (χ1v) is 12.1. The molecule has 31 heavy (non-hydrogen) atoms. The van der Waals surface area contributed by atoms with Gasteiger partial charge in [-0.25, -0.2) is 0 Å². The normalized spacial score (nSPS) is 14.6. The van der Waals surface area contributed by atoms with E-state index in [1.807, 2.05) is 0 Å². The van der Waals surface area contributed by atoms with Gasteiger partial charge in [-0.05, 0) is 67.4 Å². The summed E-state index contributed by atoms with van der Waals surface area (Å²) in [6.07, 6.45) is 1.08. The van der Waals surface area contributed by atoms with Crippen molar-refractivity contribution in [3.63, 3.8) is 0 Å². The molecule has 0 aliphatic rings. The highest BCUT2D eigenvalue weighted by Gasteiger charge is 2.32. The van der Waals surface area contributed by atoms with Crippen molar-refractivity contribution in [2.24, 2.45) is 0 Å². The summed E-state index contributed by atoms with van der Waals surface area (Å²) in [4.78, 5) is 0. The van der Waals surface area contributed by atoms with Crippen LogP contribution in [0.25, 0.3) is 0 Å². The molecule has 0 fully saturated rings. The van der Waals surface area contributed by atoms with Crippen molar-refractivity contribution in [2.75, 3.05) is 0 Å². The Morgan fingerprint density at radius 3 is 1.58 bits per heavy atom. The van der Waals surface area contributed by atoms with E-state index in [0.29, 0.717) is 5.92 Å². The third-order valence-electron chi connectivity index (χ3n) is 6.51. The molecule has 172 valence electrons. The Labute approximate surface area is 193 Å². The predicted molar refractivity (Wildman–Crippen MR) is 140 cm³/mol. The van der Waals surface area contributed by atoms with E-state index in [2.05, 4.69) is 126 Å². The molecule has 0 saturated heterocycles. The molecule has 2 aromatic carbocycles. The third-order valence-corrected chi connectivity index (χ3v) is 6.51. The first-order chi connectivity index (χ1) is 13.8. The number of hydrogen-bond acceptors (Lipinski definition) is 0. The van der Waals surface area contributed by atoms with Crippen molar-refractivity contribution in [3.8, 4) is 0 Å². The Bertz CT molecular complexity index is 899. The van der Waals surface area contributed by atoms with E-state index in [4.69, 9.17) is 0 Å². The lowest BCUT2D eigenvalue weighted by Gasteiger charge is -2.37. The summed E-state index contributed by atoms with van der Waals surface area (Å²) in [6, 6.07) is 14.1. The van der Waals surface area contributed by atoms with Gasteiger partial charge in [-0.1, -0.05) is 126 Å². The van der Waals surface area contributed by atoms with Crippen molar-refractivity contribution in [3.05, 3.63) is 69.8 Å². The number of benzene rings is 2. The van der Waals surface area contributed by atoms with Crippen LogP contribution in [0.5, 0.6) is 0 Å². The summed E-state index contributed by atoms with van der Waals surface area (Å²) in [7, 11) is 0. The van der Waals surface area contributed by atoms with Gasteiger partial charge in [0.05, 0.1) is 0 Å². The van der Waals surface area contributed by atoms with E-state index in [1.165, 1.54) is 22.3 Å². The second-order valence-corrected chi connectivity index (χ2v) is 13.7. The molecule has 1 atom stereocenters. The summed E-state index contributed by atoms with van der Waals surface area (Å²) in [5.41, 5.74) is 9.54. The van der Waals surface area contributed by atoms with Gasteiger partial charge in [-0.15, -0.1) is 0 Å². The number of rotatable bonds is 3. The molecule has 0 amide bonds. The monoisotopic (exact) mass is 420 g/mol. The summed E-state index contributed by atoms with van der Waals surface area (Å²) in [6.45, 7) is 30.6. The molecule has 0 aromatic heterocycles. The van der Waals surface area contributed by atoms with Gasteiger partial charge in [-0.3, -0.25) is 0 Å². The van der Waals surface area contributed by atoms with E-state index in [0.717, 1.165) is 6.42 Å². The van der Waals surface area contributed by atoms with E-state index in [-0.39, 0.29) is 21.7 Å². The standard InChI is InChI=1S/C31H48/c1-21(22-15-14-16-23(20-22)28(2,3)4)19-24-25(29(5,6)7)17-18-26(30(8,9)10)27(24)31(11,12)13/h14-18,20-21H,19H2,1-13H3. The Balaban J connectivity index is 2.71. The van der Waals surface area contributed by atoms with Crippen LogP contribution in [-0.4, -0.2) is 0 Å². The van der Waals surface area contributed by atoms with E-state index < -0.39 is 0 Å². The lowest BCUT2D eigenvalue weighted by molar-refractivity contribution is 0.510. The van der Waals surface area contributed by atoms with Crippen LogP contribution in [0.3, 0.4) is 0 Å². The Kier molecular flexibility index (Phi) is 6.98. The van der Waals surface area contributed by atoms with Crippen LogP contribution in [-0.2, 0) is 28.1 Å². The highest BCUT2D eigenvalue weighted by Crippen LogP contribution is 2.42. The Morgan fingerprint density at radius 2 is 1.13 bits per heavy atom. The van der Waals surface area contributed by atoms with Crippen LogP contribution < -0.4 is 0 Å². The SMILES string of the molecule is CC(Cc1c(C(C)(C)C)ccc(C(C)(C)C)c1C(C)(C)C)c1cccc(C(C)(C)C)c1. The Morgan fingerprint density at radius 1 is 0.613 bits per heavy atom. The van der Waals surface area contributed by atoms with Gasteiger partial charge >= 0.3 is 0 Å². The fourth-order valence-corrected chi connectivity index (χ4v) is 4.78. The first-order valence-electron chi connectivity index (χ1n) is 12.1. The van der Waals surface area contributed by atoms with Crippen LogP contribution in [0.2, 0.25) is 0 Å². The van der Waals surface area contributed by atoms with Crippen molar-refractivity contribution in [1.82, 2.24) is 0 Å². The van der Waals surface area contributed by atoms with Crippen molar-refractivity contribution < 1.29 is 0 Å². The van der Waals surface area contributed by atoms with Crippen LogP contribution in [0.1, 0.15) is 129 Å². The second kappa shape index (κ2) is 8.42. The van der Waals surface area contributed by atoms with E-state index in [9.17, 15) is 0 Å². The van der Waals surface area contributed by atoms with Crippen molar-refractivity contribution >= 4 is 0 Å². The minimum atomic E-state index is 0.103. The maximum atomic E-state index is 2.44. The summed E-state index contributed by atoms with van der Waals surface area (Å²) in [5, 5.41) is 0. The van der Waals surface area contributed by atoms with Gasteiger partial charge < -0.3 is 0 Å². The van der Waals surface area contributed by atoms with Gasteiger partial charge in [0.1, 0.15) is 0 Å². The van der Waals surface area contributed by atoms with Crippen molar-refractivity contribution in [1.29, 1.82) is 0 Å². The minimum Gasteiger partial charge on any atom is -0.0617 e. The molecule has 0 nitrogen and oxygen atoms in total. The molecule has 0 saturated carbocycles. The first kappa shape index (κ1) is 25.7. The maximum Gasteiger partial charge on any atom is -0.0126 e. The molecule has 0 N–H and O–H groups in total. The fraction of sp³-hybridized carbons (Fsp3) is 0.613. The third kappa shape index (κ3) is 6.03. The largest absolute Gasteiger partial charge is 0.0617 e. The molecule has 0 aliphatic heterocycles. The molecule has 1 unspecified atom stereocenters. The van der Waals surface area contributed by atoms with Crippen molar-refractivity contribution in [2.45, 2.75) is 124 Å². The molecule has 0 radical (unpaired) electrons. The Hall–Kier alpha value is -1.56. The summed E-state index contributed by atoms with van der Waals surface area (Å²) >= 11 is 0. The highest BCUT2D eigenvalue weighted by atomic mass is 14.4. The van der Waals surface area contributed by atoms with Gasteiger partial charge in [0.25, 0.3) is 0 Å². The summed E-state index contributed by atoms with van der Waals surface area (Å²) < 4.78 is 0. The van der Waals surface area contributed by atoms with Gasteiger partial charge in [0.15, 0.2) is 0 Å². The number of hydrogen-bond donors (Lipinski definition) is 0. The predicted octanol–water partition coefficient (Wildman–Crippen LogP) is 9.22. The molecule has 0 aliphatic carbocycles. The second-order valence-electron chi connectivity index (χ2n) is 13.7. The summed E-state index contributed by atoms with van der Waals surface area (Å²) in [5.74, 6) is 0.472. The fourth-order valence-electron chi connectivity index (χ4n) is 4.78. The quantitative estimate of drug-likeness (QED) is 0.464. The molecule has 0 spiro atoms. The zero-order valence-electron chi connectivity index (χ0n) is 22.7. The van der Waals surface area contributed by atoms with E-state index >= 15 is 0 Å². The molecular weight excluding hydrogens is 372 g/mol. The lowest BCUT2D eigenvalue weighted by Crippen LogP contribution is -2.28. The molecule has 0 heteroatoms. The zero-order valence-corrected chi connectivity index (χ0v) is 22.7. The van der Waals surface area contributed by atoms with Gasteiger partial charge in [0, 0.05) is 0 Å². The average molecular weight is 421 g/mol. The molecule has 2 aromatic rings. The van der Waals surface area contributed by atoms with Gasteiger partial charge in [0.2, 0.25) is 0 Å². The average Bonchev–Trinajstić information content (AvgIpc) is 2.58. The molecule has 2 rings (SSSR count). The van der Waals surface area contributed by atoms with Gasteiger partial charge in [-0.2, -0.15) is 0 Å².